The summed E-state index contributed by atoms with van der Waals surface area (Å²) in [7, 11) is 0. The number of ether oxygens (including phenoxy) is 1. The molecule has 1 aromatic rings. The van der Waals surface area contributed by atoms with E-state index in [0.717, 1.165) is 36.1 Å². The summed E-state index contributed by atoms with van der Waals surface area (Å²) < 4.78 is 5.78. The van der Waals surface area contributed by atoms with Crippen molar-refractivity contribution in [1.29, 1.82) is 0 Å². The maximum atomic E-state index is 9.58. The van der Waals surface area contributed by atoms with Gasteiger partial charge in [0.1, 0.15) is 5.75 Å². The molecule has 0 atom stereocenters. The van der Waals surface area contributed by atoms with Gasteiger partial charge in [-0.1, -0.05) is 38.5 Å². The Morgan fingerprint density at radius 3 is 2.14 bits per heavy atom. The van der Waals surface area contributed by atoms with Gasteiger partial charge >= 0.3 is 0 Å². The molecule has 1 rings (SSSR count). The van der Waals surface area contributed by atoms with Crippen LogP contribution in [0.3, 0.4) is 0 Å². The molecule has 1 aromatic heterocycles. The summed E-state index contributed by atoms with van der Waals surface area (Å²) in [5.74, 6) is 0.824. The normalized spacial score (nSPS) is 10.8. The van der Waals surface area contributed by atoms with Crippen LogP contribution in [0.25, 0.3) is 0 Å². The number of nitrogens with zero attached hydrogens (tertiary/aromatic N) is 1. The highest BCUT2D eigenvalue weighted by Gasteiger charge is 2.08. The molecule has 0 aliphatic carbocycles. The van der Waals surface area contributed by atoms with Crippen LogP contribution < -0.4 is 4.74 Å². The van der Waals surface area contributed by atoms with Gasteiger partial charge in [-0.25, -0.2) is 4.98 Å². The van der Waals surface area contributed by atoms with Crippen LogP contribution in [0.5, 0.6) is 11.6 Å². The van der Waals surface area contributed by atoms with Crippen molar-refractivity contribution >= 4 is 0 Å². The summed E-state index contributed by atoms with van der Waals surface area (Å²) >= 11 is 0. The molecule has 1 heterocycles. The fraction of sp³-hybridized carbons (Fsp3) is 0.706. The Kier molecular flexibility index (Phi) is 8.83. The van der Waals surface area contributed by atoms with Crippen molar-refractivity contribution in [3.63, 3.8) is 0 Å². The molecule has 0 fully saturated rings. The number of aromatic hydroxyl groups is 1. The molecule has 0 aliphatic heterocycles. The van der Waals surface area contributed by atoms with Crippen molar-refractivity contribution in [3.8, 4) is 11.6 Å². The lowest BCUT2D eigenvalue weighted by molar-refractivity contribution is 0.281. The predicted octanol–water partition coefficient (Wildman–Crippen LogP) is 3.90. The lowest BCUT2D eigenvalue weighted by Crippen LogP contribution is -2.01. The molecule has 21 heavy (non-hydrogen) atoms. The minimum absolute atomic E-state index is 0.0541. The van der Waals surface area contributed by atoms with Crippen LogP contribution in [0, 0.1) is 13.8 Å². The van der Waals surface area contributed by atoms with Crippen molar-refractivity contribution in [2.24, 2.45) is 0 Å². The molecular weight excluding hydrogens is 266 g/mol. The lowest BCUT2D eigenvalue weighted by atomic mass is 10.1. The number of hydrogen-bond donors (Lipinski definition) is 2. The van der Waals surface area contributed by atoms with Gasteiger partial charge < -0.3 is 14.9 Å². The Hall–Kier alpha value is -1.29. The number of aromatic nitrogens is 1. The number of unbranched alkanes of at least 4 members (excludes halogenated alkanes) is 7. The highest BCUT2D eigenvalue weighted by Crippen LogP contribution is 2.28. The van der Waals surface area contributed by atoms with Crippen LogP contribution >= 0.6 is 0 Å². The van der Waals surface area contributed by atoms with Gasteiger partial charge in [-0.3, -0.25) is 0 Å². The zero-order valence-corrected chi connectivity index (χ0v) is 13.4. The second-order valence-corrected chi connectivity index (χ2v) is 5.62. The number of aliphatic hydroxyl groups excluding tert-OH is 1. The van der Waals surface area contributed by atoms with E-state index in [1.165, 1.54) is 32.1 Å². The number of aliphatic hydroxyl groups is 1. The van der Waals surface area contributed by atoms with Gasteiger partial charge in [0.25, 0.3) is 0 Å². The van der Waals surface area contributed by atoms with Gasteiger partial charge in [0.15, 0.2) is 0 Å². The van der Waals surface area contributed by atoms with Crippen molar-refractivity contribution in [2.75, 3.05) is 13.2 Å². The van der Waals surface area contributed by atoms with Gasteiger partial charge in [-0.15, -0.1) is 0 Å². The van der Waals surface area contributed by atoms with E-state index in [9.17, 15) is 5.11 Å². The molecule has 0 radical (unpaired) electrons. The second-order valence-electron chi connectivity index (χ2n) is 5.62. The molecule has 0 amide bonds. The van der Waals surface area contributed by atoms with Gasteiger partial charge in [-0.2, -0.15) is 0 Å². The number of pyridine rings is 1. The van der Waals surface area contributed by atoms with Crippen LogP contribution in [-0.2, 0) is 0 Å². The van der Waals surface area contributed by atoms with E-state index >= 15 is 0 Å². The molecular formula is C17H29NO3. The van der Waals surface area contributed by atoms with Crippen LogP contribution in [-0.4, -0.2) is 28.4 Å². The summed E-state index contributed by atoms with van der Waals surface area (Å²) in [6.07, 6.45) is 10.9. The van der Waals surface area contributed by atoms with E-state index in [1.54, 1.807) is 6.20 Å². The minimum atomic E-state index is 0.0541. The van der Waals surface area contributed by atoms with Crippen LogP contribution in [0.15, 0.2) is 6.20 Å². The zero-order valence-electron chi connectivity index (χ0n) is 13.4. The molecule has 0 aromatic carbocycles. The standard InChI is InChI=1S/C17H29NO3/c1-14-13-18-17(20)15(2)16(14)21-12-10-8-6-4-3-5-7-9-11-19/h13,19H,3-12H2,1-2H3,(H,18,20). The van der Waals surface area contributed by atoms with Crippen LogP contribution in [0.2, 0.25) is 0 Å². The summed E-state index contributed by atoms with van der Waals surface area (Å²) in [6.45, 7) is 4.79. The first-order chi connectivity index (χ1) is 10.2. The fourth-order valence-corrected chi connectivity index (χ4v) is 2.38. The SMILES string of the molecule is Cc1cnc(O)c(C)c1OCCCCCCCCCCO. The van der Waals surface area contributed by atoms with E-state index in [4.69, 9.17) is 9.84 Å². The predicted molar refractivity (Wildman–Crippen MR) is 84.9 cm³/mol. The molecule has 0 unspecified atom stereocenters. The topological polar surface area (TPSA) is 62.6 Å². The van der Waals surface area contributed by atoms with Crippen molar-refractivity contribution in [3.05, 3.63) is 17.3 Å². The second kappa shape index (κ2) is 10.4. The highest BCUT2D eigenvalue weighted by atomic mass is 16.5. The lowest BCUT2D eigenvalue weighted by Gasteiger charge is -2.12. The molecule has 0 aliphatic rings. The summed E-state index contributed by atoms with van der Waals surface area (Å²) in [5, 5.41) is 18.3. The molecule has 0 spiro atoms. The first-order valence-corrected chi connectivity index (χ1v) is 8.05. The first-order valence-electron chi connectivity index (χ1n) is 8.05. The van der Waals surface area contributed by atoms with Crippen molar-refractivity contribution in [2.45, 2.75) is 65.2 Å². The highest BCUT2D eigenvalue weighted by molar-refractivity contribution is 5.43. The molecule has 4 heteroatoms. The number of rotatable bonds is 11. The summed E-state index contributed by atoms with van der Waals surface area (Å²) in [6, 6.07) is 0. The molecule has 0 saturated heterocycles. The Balaban J connectivity index is 2.08. The Morgan fingerprint density at radius 2 is 1.52 bits per heavy atom. The zero-order chi connectivity index (χ0) is 15.5. The summed E-state index contributed by atoms with van der Waals surface area (Å²) in [4.78, 5) is 3.90. The summed E-state index contributed by atoms with van der Waals surface area (Å²) in [5.41, 5.74) is 1.69. The Labute approximate surface area is 128 Å². The van der Waals surface area contributed by atoms with Crippen molar-refractivity contribution < 1.29 is 14.9 Å². The maximum Gasteiger partial charge on any atom is 0.217 e. The smallest absolute Gasteiger partial charge is 0.217 e. The monoisotopic (exact) mass is 295 g/mol. The third-order valence-corrected chi connectivity index (χ3v) is 3.71. The van der Waals surface area contributed by atoms with Gasteiger partial charge in [0, 0.05) is 18.4 Å². The molecule has 4 nitrogen and oxygen atoms in total. The average Bonchev–Trinajstić information content (AvgIpc) is 2.48. The van der Waals surface area contributed by atoms with Crippen molar-refractivity contribution in [1.82, 2.24) is 4.98 Å². The Morgan fingerprint density at radius 1 is 0.952 bits per heavy atom. The fourth-order valence-electron chi connectivity index (χ4n) is 2.38. The largest absolute Gasteiger partial charge is 0.493 e. The van der Waals surface area contributed by atoms with E-state index in [-0.39, 0.29) is 5.88 Å². The third kappa shape index (κ3) is 6.80. The van der Waals surface area contributed by atoms with E-state index in [1.807, 2.05) is 13.8 Å². The molecule has 0 bridgehead atoms. The number of hydrogen-bond acceptors (Lipinski definition) is 4. The first kappa shape index (κ1) is 17.8. The minimum Gasteiger partial charge on any atom is -0.493 e. The van der Waals surface area contributed by atoms with Crippen LogP contribution in [0.1, 0.15) is 62.5 Å². The van der Waals surface area contributed by atoms with Crippen LogP contribution in [0.4, 0.5) is 0 Å². The molecule has 120 valence electrons. The number of aryl methyl sites for hydroxylation is 1. The van der Waals surface area contributed by atoms with Gasteiger partial charge in [0.05, 0.1) is 12.2 Å². The van der Waals surface area contributed by atoms with E-state index in [0.29, 0.717) is 13.2 Å². The van der Waals surface area contributed by atoms with Gasteiger partial charge in [-0.05, 0) is 26.7 Å². The Bertz CT molecular complexity index is 407. The molecule has 0 saturated carbocycles. The van der Waals surface area contributed by atoms with Gasteiger partial charge in [0.2, 0.25) is 5.88 Å². The quantitative estimate of drug-likeness (QED) is 0.608. The molecule has 2 N–H and O–H groups in total. The van der Waals surface area contributed by atoms with E-state index in [2.05, 4.69) is 4.98 Å². The average molecular weight is 295 g/mol. The maximum absolute atomic E-state index is 9.58. The third-order valence-electron chi connectivity index (χ3n) is 3.71. The van der Waals surface area contributed by atoms with E-state index < -0.39 is 0 Å².